The lowest BCUT2D eigenvalue weighted by atomic mass is 9.81. The van der Waals surface area contributed by atoms with Gasteiger partial charge >= 0.3 is 6.18 Å². The maximum Gasteiger partial charge on any atom is 0.423 e. The number of hydrogen-bond donors (Lipinski definition) is 3. The zero-order chi connectivity index (χ0) is 15.8. The van der Waals surface area contributed by atoms with Crippen molar-refractivity contribution in [1.29, 1.82) is 0 Å². The van der Waals surface area contributed by atoms with Gasteiger partial charge < -0.3 is 10.0 Å². The first kappa shape index (κ1) is 16.0. The maximum atomic E-state index is 12.3. The van der Waals surface area contributed by atoms with Gasteiger partial charge in [-0.15, -0.1) is 0 Å². The number of hydrogen-bond acceptors (Lipinski definition) is 4. The topological polar surface area (TPSA) is 95.7 Å². The van der Waals surface area contributed by atoms with Gasteiger partial charge in [0.25, 0.3) is 5.91 Å². The Bertz CT molecular complexity index is 429. The van der Waals surface area contributed by atoms with E-state index in [2.05, 4.69) is 5.43 Å². The number of alkyl halides is 3. The van der Waals surface area contributed by atoms with Gasteiger partial charge in [0, 0.05) is 13.1 Å². The first-order valence-electron chi connectivity index (χ1n) is 6.77. The van der Waals surface area contributed by atoms with Gasteiger partial charge in [0.2, 0.25) is 12.0 Å². The molecule has 0 aromatic carbocycles. The summed E-state index contributed by atoms with van der Waals surface area (Å²) in [5, 5.41) is 8.97. The number of hydrazine groups is 1. The quantitative estimate of drug-likeness (QED) is 0.386. The highest BCUT2D eigenvalue weighted by molar-refractivity contribution is 5.85. The number of aliphatic hydroxyl groups excluding tert-OH is 1. The molecular formula is C12H18F3N3O3. The third kappa shape index (κ3) is 2.98. The van der Waals surface area contributed by atoms with Crippen LogP contribution in [0.15, 0.2) is 0 Å². The lowest BCUT2D eigenvalue weighted by Crippen LogP contribution is -2.51. The summed E-state index contributed by atoms with van der Waals surface area (Å²) in [4.78, 5) is 24.3. The molecule has 1 atom stereocenters. The molecule has 0 aromatic heterocycles. The Balaban J connectivity index is 1.92. The van der Waals surface area contributed by atoms with Crippen LogP contribution in [0.2, 0.25) is 0 Å². The normalized spacial score (nSPS) is 23.6. The summed E-state index contributed by atoms with van der Waals surface area (Å²) in [6, 6.07) is 0. The number of halogens is 3. The van der Waals surface area contributed by atoms with E-state index in [9.17, 15) is 22.8 Å². The average molecular weight is 309 g/mol. The molecular weight excluding hydrogens is 291 g/mol. The monoisotopic (exact) mass is 309 g/mol. The van der Waals surface area contributed by atoms with Crippen LogP contribution >= 0.6 is 0 Å². The molecule has 2 fully saturated rings. The molecule has 1 saturated heterocycles. The highest BCUT2D eigenvalue weighted by Gasteiger charge is 2.56. The Hall–Kier alpha value is -1.35. The first-order chi connectivity index (χ1) is 9.72. The number of aliphatic hydroxyl groups is 1. The molecule has 120 valence electrons. The van der Waals surface area contributed by atoms with E-state index < -0.39 is 23.6 Å². The van der Waals surface area contributed by atoms with Gasteiger partial charge in [-0.1, -0.05) is 0 Å². The van der Waals surface area contributed by atoms with Crippen molar-refractivity contribution < 1.29 is 27.9 Å². The van der Waals surface area contributed by atoms with Crippen molar-refractivity contribution in [3.05, 3.63) is 0 Å². The Morgan fingerprint density at radius 1 is 1.29 bits per heavy atom. The van der Waals surface area contributed by atoms with E-state index in [-0.39, 0.29) is 24.9 Å². The predicted octanol–water partition coefficient (Wildman–Crippen LogP) is -0.0817. The summed E-state index contributed by atoms with van der Waals surface area (Å²) < 4.78 is 37.0. The van der Waals surface area contributed by atoms with Crippen LogP contribution in [-0.2, 0) is 9.59 Å². The highest BCUT2D eigenvalue weighted by atomic mass is 19.4. The third-order valence-corrected chi connectivity index (χ3v) is 4.50. The molecule has 6 nitrogen and oxygen atoms in total. The SMILES string of the molecule is NNC(=O)C1(C2CCN(C(=O)[C@@H](O)C(F)(F)F)CC2)CC1. The number of nitrogens with zero attached hydrogens (tertiary/aromatic N) is 1. The Kier molecular flexibility index (Phi) is 4.16. The fourth-order valence-corrected chi connectivity index (χ4v) is 3.06. The van der Waals surface area contributed by atoms with Crippen molar-refractivity contribution in [2.45, 2.75) is 38.0 Å². The summed E-state index contributed by atoms with van der Waals surface area (Å²) in [5.41, 5.74) is 1.61. The number of rotatable bonds is 3. The van der Waals surface area contributed by atoms with Crippen LogP contribution in [0.5, 0.6) is 0 Å². The Labute approximate surface area is 119 Å². The van der Waals surface area contributed by atoms with Gasteiger partial charge in [0.1, 0.15) is 0 Å². The van der Waals surface area contributed by atoms with Gasteiger partial charge in [-0.05, 0) is 31.6 Å². The van der Waals surface area contributed by atoms with Crippen molar-refractivity contribution in [2.75, 3.05) is 13.1 Å². The molecule has 9 heteroatoms. The largest absolute Gasteiger partial charge is 0.423 e. The lowest BCUT2D eigenvalue weighted by Gasteiger charge is -2.36. The van der Waals surface area contributed by atoms with Gasteiger partial charge in [-0.25, -0.2) is 5.84 Å². The van der Waals surface area contributed by atoms with E-state index in [4.69, 9.17) is 10.9 Å². The zero-order valence-electron chi connectivity index (χ0n) is 11.3. The molecule has 4 N–H and O–H groups in total. The van der Waals surface area contributed by atoms with E-state index in [1.165, 1.54) is 0 Å². The van der Waals surface area contributed by atoms with Crippen molar-refractivity contribution >= 4 is 11.8 Å². The van der Waals surface area contributed by atoms with E-state index in [0.29, 0.717) is 25.7 Å². The van der Waals surface area contributed by atoms with E-state index in [1.54, 1.807) is 0 Å². The zero-order valence-corrected chi connectivity index (χ0v) is 11.3. The summed E-state index contributed by atoms with van der Waals surface area (Å²) in [6.07, 6.45) is -5.64. The maximum absolute atomic E-state index is 12.3. The summed E-state index contributed by atoms with van der Waals surface area (Å²) in [7, 11) is 0. The molecule has 2 rings (SSSR count). The van der Waals surface area contributed by atoms with Crippen LogP contribution in [0, 0.1) is 11.3 Å². The highest BCUT2D eigenvalue weighted by Crippen LogP contribution is 2.55. The number of nitrogens with two attached hydrogens (primary N) is 1. The standard InChI is InChI=1S/C12H18F3N3O3/c13-12(14,15)8(19)9(20)18-5-1-7(2-6-18)11(3-4-11)10(21)17-16/h7-8,19H,1-6,16H2,(H,17,21)/t8-/m1/s1. The smallest absolute Gasteiger partial charge is 0.376 e. The van der Waals surface area contributed by atoms with E-state index >= 15 is 0 Å². The third-order valence-electron chi connectivity index (χ3n) is 4.50. The second kappa shape index (κ2) is 5.45. The minimum Gasteiger partial charge on any atom is -0.376 e. The summed E-state index contributed by atoms with van der Waals surface area (Å²) >= 11 is 0. The van der Waals surface area contributed by atoms with Gasteiger partial charge in [0.05, 0.1) is 5.41 Å². The number of carbonyl (C=O) groups excluding carboxylic acids is 2. The van der Waals surface area contributed by atoms with Crippen molar-refractivity contribution in [3.8, 4) is 0 Å². The Morgan fingerprint density at radius 3 is 2.19 bits per heavy atom. The number of piperidine rings is 1. The van der Waals surface area contributed by atoms with Crippen LogP contribution in [0.25, 0.3) is 0 Å². The first-order valence-corrected chi connectivity index (χ1v) is 6.77. The predicted molar refractivity (Wildman–Crippen MR) is 65.4 cm³/mol. The van der Waals surface area contributed by atoms with Gasteiger partial charge in [-0.3, -0.25) is 15.0 Å². The second-order valence-corrected chi connectivity index (χ2v) is 5.67. The van der Waals surface area contributed by atoms with E-state index in [1.807, 2.05) is 0 Å². The molecule has 21 heavy (non-hydrogen) atoms. The molecule has 0 spiro atoms. The molecule has 2 aliphatic rings. The minimum absolute atomic E-state index is 0.00753. The van der Waals surface area contributed by atoms with Crippen molar-refractivity contribution in [1.82, 2.24) is 10.3 Å². The molecule has 0 unspecified atom stereocenters. The fourth-order valence-electron chi connectivity index (χ4n) is 3.06. The van der Waals surface area contributed by atoms with Crippen LogP contribution in [-0.4, -0.2) is 47.2 Å². The molecule has 0 aromatic rings. The summed E-state index contributed by atoms with van der Waals surface area (Å²) in [6.45, 7) is 0.215. The second-order valence-electron chi connectivity index (χ2n) is 5.67. The number of carbonyl (C=O) groups is 2. The van der Waals surface area contributed by atoms with Crippen LogP contribution in [0.4, 0.5) is 13.2 Å². The minimum atomic E-state index is -4.95. The number of nitrogens with one attached hydrogen (secondary N) is 1. The van der Waals surface area contributed by atoms with E-state index in [0.717, 1.165) is 4.90 Å². The number of likely N-dealkylation sites (tertiary alicyclic amines) is 1. The molecule has 0 radical (unpaired) electrons. The number of amides is 2. The molecule has 1 aliphatic heterocycles. The molecule has 2 amide bonds. The molecule has 0 bridgehead atoms. The van der Waals surface area contributed by atoms with Crippen LogP contribution in [0.1, 0.15) is 25.7 Å². The molecule has 1 aliphatic carbocycles. The summed E-state index contributed by atoms with van der Waals surface area (Å²) in [5.74, 6) is 3.58. The van der Waals surface area contributed by atoms with Crippen molar-refractivity contribution in [2.24, 2.45) is 17.2 Å². The molecule has 1 saturated carbocycles. The van der Waals surface area contributed by atoms with Gasteiger partial charge in [-0.2, -0.15) is 13.2 Å². The lowest BCUT2D eigenvalue weighted by molar-refractivity contribution is -0.211. The van der Waals surface area contributed by atoms with Crippen LogP contribution < -0.4 is 11.3 Å². The van der Waals surface area contributed by atoms with Crippen LogP contribution in [0.3, 0.4) is 0 Å². The van der Waals surface area contributed by atoms with Crippen molar-refractivity contribution in [3.63, 3.8) is 0 Å². The van der Waals surface area contributed by atoms with Gasteiger partial charge in [0.15, 0.2) is 0 Å². The fraction of sp³-hybridized carbons (Fsp3) is 0.833. The molecule has 1 heterocycles. The Morgan fingerprint density at radius 2 is 1.81 bits per heavy atom. The average Bonchev–Trinajstić information content (AvgIpc) is 3.25.